The SMILES string of the molecule is CCc1ccc2cc(-c3ccc(OCc4ccccc4)c([N+](=O)[O-])c3)c(C=O)n2c1. The van der Waals surface area contributed by atoms with E-state index in [9.17, 15) is 14.9 Å². The topological polar surface area (TPSA) is 73.8 Å². The van der Waals surface area contributed by atoms with Crippen molar-refractivity contribution in [3.8, 4) is 16.9 Å². The Balaban J connectivity index is 1.74. The molecule has 6 heteroatoms. The van der Waals surface area contributed by atoms with Crippen LogP contribution in [0.25, 0.3) is 16.6 Å². The number of hydrogen-bond acceptors (Lipinski definition) is 4. The molecule has 0 unspecified atom stereocenters. The molecule has 150 valence electrons. The van der Waals surface area contributed by atoms with Gasteiger partial charge in [-0.2, -0.15) is 0 Å². The molecule has 30 heavy (non-hydrogen) atoms. The van der Waals surface area contributed by atoms with Crippen LogP contribution in [0.4, 0.5) is 5.69 Å². The summed E-state index contributed by atoms with van der Waals surface area (Å²) in [6.45, 7) is 2.28. The lowest BCUT2D eigenvalue weighted by molar-refractivity contribution is -0.385. The quantitative estimate of drug-likeness (QED) is 0.234. The van der Waals surface area contributed by atoms with E-state index in [0.717, 1.165) is 29.4 Å². The molecule has 0 aliphatic heterocycles. The molecule has 0 N–H and O–H groups in total. The first-order chi connectivity index (χ1) is 14.6. The van der Waals surface area contributed by atoms with E-state index in [1.165, 1.54) is 6.07 Å². The molecule has 0 atom stereocenters. The molecule has 2 heterocycles. The van der Waals surface area contributed by atoms with Crippen LogP contribution in [0.3, 0.4) is 0 Å². The van der Waals surface area contributed by atoms with Crippen molar-refractivity contribution >= 4 is 17.5 Å². The van der Waals surface area contributed by atoms with E-state index < -0.39 is 4.92 Å². The Labute approximate surface area is 173 Å². The highest BCUT2D eigenvalue weighted by Gasteiger charge is 2.20. The molecule has 0 saturated carbocycles. The molecule has 0 spiro atoms. The van der Waals surface area contributed by atoms with Crippen LogP contribution in [0, 0.1) is 10.1 Å². The largest absolute Gasteiger partial charge is 0.482 e. The summed E-state index contributed by atoms with van der Waals surface area (Å²) in [5, 5.41) is 11.7. The number of ether oxygens (including phenoxy) is 1. The molecular weight excluding hydrogens is 380 g/mol. The van der Waals surface area contributed by atoms with Gasteiger partial charge in [0.05, 0.1) is 10.6 Å². The van der Waals surface area contributed by atoms with Crippen molar-refractivity contribution in [2.75, 3.05) is 0 Å². The second kappa shape index (κ2) is 8.21. The zero-order valence-corrected chi connectivity index (χ0v) is 16.4. The van der Waals surface area contributed by atoms with E-state index in [2.05, 4.69) is 0 Å². The van der Waals surface area contributed by atoms with Gasteiger partial charge in [0.1, 0.15) is 6.61 Å². The van der Waals surface area contributed by atoms with Crippen LogP contribution in [0.1, 0.15) is 28.5 Å². The van der Waals surface area contributed by atoms with Gasteiger partial charge < -0.3 is 9.14 Å². The van der Waals surface area contributed by atoms with E-state index in [1.807, 2.05) is 66.1 Å². The third kappa shape index (κ3) is 3.67. The number of benzene rings is 2. The maximum absolute atomic E-state index is 11.8. The average molecular weight is 400 g/mol. The summed E-state index contributed by atoms with van der Waals surface area (Å²) in [5.74, 6) is 0.192. The fraction of sp³-hybridized carbons (Fsp3) is 0.125. The van der Waals surface area contributed by atoms with Crippen LogP contribution in [0.15, 0.2) is 72.9 Å². The lowest BCUT2D eigenvalue weighted by Crippen LogP contribution is -2.00. The molecule has 0 fully saturated rings. The molecule has 0 aliphatic rings. The Morgan fingerprint density at radius 1 is 1.03 bits per heavy atom. The zero-order valence-electron chi connectivity index (χ0n) is 16.4. The number of rotatable bonds is 7. The Bertz CT molecular complexity index is 1230. The van der Waals surface area contributed by atoms with Gasteiger partial charge in [0.2, 0.25) is 0 Å². The van der Waals surface area contributed by atoms with Gasteiger partial charge in [-0.25, -0.2) is 0 Å². The van der Waals surface area contributed by atoms with Gasteiger partial charge in [-0.05, 0) is 41.3 Å². The maximum Gasteiger partial charge on any atom is 0.311 e. The number of aromatic nitrogens is 1. The molecule has 0 saturated heterocycles. The van der Waals surface area contributed by atoms with E-state index in [0.29, 0.717) is 16.8 Å². The first-order valence-corrected chi connectivity index (χ1v) is 9.65. The summed E-state index contributed by atoms with van der Waals surface area (Å²) < 4.78 is 7.53. The molecule has 6 nitrogen and oxygen atoms in total. The number of nitro groups is 1. The number of aldehydes is 1. The third-order valence-electron chi connectivity index (χ3n) is 5.09. The normalized spacial score (nSPS) is 10.8. The predicted octanol–water partition coefficient (Wildman–Crippen LogP) is 5.47. The van der Waals surface area contributed by atoms with Crippen molar-refractivity contribution in [1.82, 2.24) is 4.40 Å². The minimum atomic E-state index is -0.463. The van der Waals surface area contributed by atoms with Crippen LogP contribution in [0.5, 0.6) is 5.75 Å². The van der Waals surface area contributed by atoms with Gasteiger partial charge in [-0.15, -0.1) is 0 Å². The molecule has 0 amide bonds. The van der Waals surface area contributed by atoms with E-state index >= 15 is 0 Å². The van der Waals surface area contributed by atoms with Crippen LogP contribution in [0.2, 0.25) is 0 Å². The molecule has 2 aromatic carbocycles. The summed E-state index contributed by atoms with van der Waals surface area (Å²) in [6.07, 6.45) is 3.56. The summed E-state index contributed by atoms with van der Waals surface area (Å²) in [7, 11) is 0. The van der Waals surface area contributed by atoms with Gasteiger partial charge in [0, 0.05) is 23.3 Å². The third-order valence-corrected chi connectivity index (χ3v) is 5.09. The average Bonchev–Trinajstić information content (AvgIpc) is 3.15. The Kier molecular flexibility index (Phi) is 5.30. The summed E-state index contributed by atoms with van der Waals surface area (Å²) in [6, 6.07) is 20.1. The van der Waals surface area contributed by atoms with Gasteiger partial charge in [0.15, 0.2) is 12.0 Å². The van der Waals surface area contributed by atoms with E-state index in [1.54, 1.807) is 12.1 Å². The van der Waals surface area contributed by atoms with Crippen molar-refractivity contribution in [1.29, 1.82) is 0 Å². The summed E-state index contributed by atoms with van der Waals surface area (Å²) in [4.78, 5) is 23.1. The van der Waals surface area contributed by atoms with E-state index in [4.69, 9.17) is 4.74 Å². The Morgan fingerprint density at radius 2 is 1.83 bits per heavy atom. The van der Waals surface area contributed by atoms with Crippen LogP contribution >= 0.6 is 0 Å². The van der Waals surface area contributed by atoms with Crippen molar-refractivity contribution in [2.24, 2.45) is 0 Å². The Hall–Kier alpha value is -3.93. The van der Waals surface area contributed by atoms with Crippen molar-refractivity contribution < 1.29 is 14.5 Å². The number of pyridine rings is 1. The highest BCUT2D eigenvalue weighted by molar-refractivity contribution is 5.90. The van der Waals surface area contributed by atoms with Crippen LogP contribution < -0.4 is 4.74 Å². The number of carbonyl (C=O) groups is 1. The first-order valence-electron chi connectivity index (χ1n) is 9.65. The number of nitrogens with zero attached hydrogens (tertiary/aromatic N) is 2. The van der Waals surface area contributed by atoms with Crippen molar-refractivity contribution in [3.05, 3.63) is 99.9 Å². The van der Waals surface area contributed by atoms with Gasteiger partial charge >= 0.3 is 5.69 Å². The van der Waals surface area contributed by atoms with E-state index in [-0.39, 0.29) is 18.0 Å². The molecule has 0 radical (unpaired) electrons. The Morgan fingerprint density at radius 3 is 2.53 bits per heavy atom. The smallest absolute Gasteiger partial charge is 0.311 e. The molecule has 0 bridgehead atoms. The summed E-state index contributed by atoms with van der Waals surface area (Å²) in [5.41, 5.74) is 4.45. The fourth-order valence-corrected chi connectivity index (χ4v) is 3.48. The van der Waals surface area contributed by atoms with Crippen LogP contribution in [-0.4, -0.2) is 15.6 Å². The fourth-order valence-electron chi connectivity index (χ4n) is 3.48. The first kappa shape index (κ1) is 19.4. The predicted molar refractivity (Wildman–Crippen MR) is 115 cm³/mol. The minimum absolute atomic E-state index is 0.134. The minimum Gasteiger partial charge on any atom is -0.482 e. The second-order valence-electron chi connectivity index (χ2n) is 6.96. The molecule has 0 aliphatic carbocycles. The number of carbonyl (C=O) groups excluding carboxylic acids is 1. The van der Waals surface area contributed by atoms with Gasteiger partial charge in [-0.3, -0.25) is 14.9 Å². The molecule has 4 rings (SSSR count). The van der Waals surface area contributed by atoms with Crippen molar-refractivity contribution in [2.45, 2.75) is 20.0 Å². The maximum atomic E-state index is 11.8. The lowest BCUT2D eigenvalue weighted by Gasteiger charge is -2.08. The highest BCUT2D eigenvalue weighted by Crippen LogP contribution is 2.35. The van der Waals surface area contributed by atoms with Gasteiger partial charge in [0.25, 0.3) is 0 Å². The van der Waals surface area contributed by atoms with Crippen molar-refractivity contribution in [3.63, 3.8) is 0 Å². The summed E-state index contributed by atoms with van der Waals surface area (Å²) >= 11 is 0. The highest BCUT2D eigenvalue weighted by atomic mass is 16.6. The molecule has 4 aromatic rings. The lowest BCUT2D eigenvalue weighted by atomic mass is 10.0. The number of nitro benzene ring substituents is 1. The van der Waals surface area contributed by atoms with Crippen LogP contribution in [-0.2, 0) is 13.0 Å². The number of hydrogen-bond donors (Lipinski definition) is 0. The molecular formula is C24H20N2O4. The number of fused-ring (bicyclic) bond motifs is 1. The number of aryl methyl sites for hydroxylation is 1. The second-order valence-corrected chi connectivity index (χ2v) is 6.96. The monoisotopic (exact) mass is 400 g/mol. The van der Waals surface area contributed by atoms with Gasteiger partial charge in [-0.1, -0.05) is 49.4 Å². The standard InChI is InChI=1S/C24H20N2O4/c1-2-17-8-10-20-13-21(23(15-27)25(20)14-17)19-9-11-24(22(12-19)26(28)29)30-16-18-6-4-3-5-7-18/h3-15H,2,16H2,1H3. The zero-order chi connectivity index (χ0) is 21.1. The molecule has 2 aromatic heterocycles.